The second kappa shape index (κ2) is 7.45. The van der Waals surface area contributed by atoms with Crippen molar-refractivity contribution in [2.75, 3.05) is 11.4 Å². The normalized spacial score (nSPS) is 17.6. The summed E-state index contributed by atoms with van der Waals surface area (Å²) in [5, 5.41) is 3.04. The molecule has 2 amide bonds. The molecule has 1 N–H and O–H groups in total. The van der Waals surface area contributed by atoms with Crippen molar-refractivity contribution in [3.63, 3.8) is 0 Å². The Morgan fingerprint density at radius 3 is 2.52 bits per heavy atom. The Balaban J connectivity index is 1.51. The lowest BCUT2D eigenvalue weighted by atomic mass is 10.1. The number of anilines is 1. The molecule has 5 heteroatoms. The fourth-order valence-electron chi connectivity index (χ4n) is 3.60. The van der Waals surface area contributed by atoms with Crippen LogP contribution in [-0.4, -0.2) is 24.4 Å². The number of benzene rings is 2. The molecule has 2 aromatic rings. The Hall–Kier alpha value is -2.79. The summed E-state index contributed by atoms with van der Waals surface area (Å²) in [6.07, 6.45) is 4.79. The van der Waals surface area contributed by atoms with Crippen LogP contribution in [0.4, 0.5) is 5.69 Å². The smallest absolute Gasteiger partial charge is 0.265 e. The lowest BCUT2D eigenvalue weighted by Gasteiger charge is -2.29. The van der Waals surface area contributed by atoms with Crippen molar-refractivity contribution >= 4 is 29.3 Å². The number of nitrogens with zero attached hydrogens (tertiary/aromatic N) is 1. The Labute approximate surface area is 163 Å². The third-order valence-electron chi connectivity index (χ3n) is 4.80. The van der Waals surface area contributed by atoms with Crippen LogP contribution in [0.25, 0.3) is 0 Å². The molecule has 1 heterocycles. The topological polar surface area (TPSA) is 49.4 Å². The number of carbonyl (C=O) groups is 2. The molecule has 0 spiro atoms. The number of nitrogens with one attached hydrogen (secondary N) is 1. The number of para-hydroxylation sites is 1. The summed E-state index contributed by atoms with van der Waals surface area (Å²) in [6, 6.07) is 16.0. The minimum Gasteiger partial charge on any atom is -0.349 e. The molecule has 27 heavy (non-hydrogen) atoms. The fourth-order valence-corrected chi connectivity index (χ4v) is 4.63. The van der Waals surface area contributed by atoms with Gasteiger partial charge in [-0.1, -0.05) is 54.2 Å². The fraction of sp³-hybridized carbons (Fsp3) is 0.182. The molecule has 4 rings (SSSR count). The summed E-state index contributed by atoms with van der Waals surface area (Å²) in [5.74, 6) is -0.384. The van der Waals surface area contributed by atoms with E-state index in [1.807, 2.05) is 36.4 Å². The Kier molecular flexibility index (Phi) is 4.86. The zero-order valence-electron chi connectivity index (χ0n) is 14.9. The van der Waals surface area contributed by atoms with Crippen molar-refractivity contribution in [1.82, 2.24) is 5.32 Å². The minimum absolute atomic E-state index is 0.0759. The molecule has 0 radical (unpaired) electrons. The van der Waals surface area contributed by atoms with E-state index < -0.39 is 0 Å². The molecule has 1 aliphatic carbocycles. The monoisotopic (exact) mass is 376 g/mol. The van der Waals surface area contributed by atoms with Gasteiger partial charge in [0.15, 0.2) is 0 Å². The van der Waals surface area contributed by atoms with Crippen LogP contribution in [0.5, 0.6) is 0 Å². The zero-order chi connectivity index (χ0) is 18.8. The molecule has 0 unspecified atom stereocenters. The molecule has 0 fully saturated rings. The first-order valence-corrected chi connectivity index (χ1v) is 9.76. The highest BCUT2D eigenvalue weighted by Crippen LogP contribution is 2.41. The van der Waals surface area contributed by atoms with Gasteiger partial charge in [0.05, 0.1) is 10.6 Å². The second-order valence-corrected chi connectivity index (χ2v) is 7.75. The van der Waals surface area contributed by atoms with Gasteiger partial charge in [0.25, 0.3) is 5.91 Å². The van der Waals surface area contributed by atoms with Crippen LogP contribution in [0.15, 0.2) is 77.1 Å². The first kappa shape index (κ1) is 17.6. The highest BCUT2D eigenvalue weighted by atomic mass is 32.2. The molecule has 136 valence electrons. The van der Waals surface area contributed by atoms with Gasteiger partial charge in [-0.2, -0.15) is 0 Å². The van der Waals surface area contributed by atoms with Crippen molar-refractivity contribution in [3.05, 3.63) is 83.3 Å². The number of hydrogen-bond acceptors (Lipinski definition) is 3. The molecular formula is C22H20N2O2S. The summed E-state index contributed by atoms with van der Waals surface area (Å²) in [4.78, 5) is 28.4. The van der Waals surface area contributed by atoms with Crippen molar-refractivity contribution in [1.29, 1.82) is 0 Å². The maximum atomic E-state index is 12.8. The highest BCUT2D eigenvalue weighted by molar-refractivity contribution is 8.04. The van der Waals surface area contributed by atoms with E-state index >= 15 is 0 Å². The highest BCUT2D eigenvalue weighted by Gasteiger charge is 2.29. The van der Waals surface area contributed by atoms with Gasteiger partial charge in [0, 0.05) is 23.6 Å². The van der Waals surface area contributed by atoms with Gasteiger partial charge >= 0.3 is 0 Å². The van der Waals surface area contributed by atoms with Crippen LogP contribution in [0, 0.1) is 0 Å². The predicted molar refractivity (Wildman–Crippen MR) is 109 cm³/mol. The largest absolute Gasteiger partial charge is 0.349 e. The third-order valence-corrected chi connectivity index (χ3v) is 5.88. The maximum Gasteiger partial charge on any atom is 0.265 e. The van der Waals surface area contributed by atoms with Crippen LogP contribution in [-0.2, 0) is 22.4 Å². The van der Waals surface area contributed by atoms with E-state index in [0.29, 0.717) is 11.4 Å². The molecule has 2 aromatic carbocycles. The van der Waals surface area contributed by atoms with E-state index in [-0.39, 0.29) is 17.9 Å². The number of carbonyl (C=O) groups excluding carboxylic acids is 2. The minimum atomic E-state index is -0.221. The molecule has 2 aliphatic rings. The van der Waals surface area contributed by atoms with Gasteiger partial charge in [-0.15, -0.1) is 6.58 Å². The number of hydrogen-bond donors (Lipinski definition) is 1. The van der Waals surface area contributed by atoms with Crippen LogP contribution >= 0.6 is 11.8 Å². The van der Waals surface area contributed by atoms with Crippen LogP contribution in [0.2, 0.25) is 0 Å². The molecule has 1 aliphatic heterocycles. The molecule has 0 saturated heterocycles. The van der Waals surface area contributed by atoms with Gasteiger partial charge < -0.3 is 10.2 Å². The summed E-state index contributed by atoms with van der Waals surface area (Å²) in [6.45, 7) is 4.15. The van der Waals surface area contributed by atoms with E-state index in [9.17, 15) is 9.59 Å². The van der Waals surface area contributed by atoms with E-state index in [0.717, 1.165) is 23.4 Å². The lowest BCUT2D eigenvalue weighted by Crippen LogP contribution is -2.37. The van der Waals surface area contributed by atoms with E-state index in [1.165, 1.54) is 29.0 Å². The van der Waals surface area contributed by atoms with Crippen LogP contribution < -0.4 is 10.2 Å². The maximum absolute atomic E-state index is 12.8. The van der Waals surface area contributed by atoms with Crippen molar-refractivity contribution < 1.29 is 9.59 Å². The second-order valence-electron chi connectivity index (χ2n) is 6.67. The van der Waals surface area contributed by atoms with Gasteiger partial charge in [-0.25, -0.2) is 0 Å². The molecule has 0 bridgehead atoms. The number of thioether (sulfide) groups is 1. The molecular weight excluding hydrogens is 356 g/mol. The third kappa shape index (κ3) is 3.55. The average molecular weight is 376 g/mol. The molecule has 4 nitrogen and oxygen atoms in total. The Morgan fingerprint density at radius 2 is 1.81 bits per heavy atom. The van der Waals surface area contributed by atoms with Crippen molar-refractivity contribution in [2.45, 2.75) is 23.8 Å². The predicted octanol–water partition coefficient (Wildman–Crippen LogP) is 3.48. The quantitative estimate of drug-likeness (QED) is 0.657. The lowest BCUT2D eigenvalue weighted by molar-refractivity contribution is -0.118. The standard InChI is InChI=1S/C22H20N2O2S/c1-2-11-24-18-9-5-6-10-19(18)27-20(22(24)26)14-21(25)23-17-12-15-7-3-4-8-16(15)13-17/h2-10,14,17H,1,11-13H2,(H,23,25)/b20-14+. The first-order valence-electron chi connectivity index (χ1n) is 8.94. The van der Waals surface area contributed by atoms with Gasteiger partial charge in [0.2, 0.25) is 5.91 Å². The zero-order valence-corrected chi connectivity index (χ0v) is 15.7. The average Bonchev–Trinajstić information content (AvgIpc) is 3.07. The van der Waals surface area contributed by atoms with Crippen molar-refractivity contribution in [3.8, 4) is 0 Å². The van der Waals surface area contributed by atoms with Gasteiger partial charge in [-0.05, 0) is 36.1 Å². The van der Waals surface area contributed by atoms with Crippen LogP contribution in [0.1, 0.15) is 11.1 Å². The Morgan fingerprint density at radius 1 is 1.15 bits per heavy atom. The van der Waals surface area contributed by atoms with E-state index in [4.69, 9.17) is 0 Å². The number of rotatable bonds is 4. The van der Waals surface area contributed by atoms with Gasteiger partial charge in [-0.3, -0.25) is 9.59 Å². The SMILES string of the molecule is C=CCN1C(=O)/C(=C\C(=O)NC2Cc3ccccc3C2)Sc2ccccc21. The van der Waals surface area contributed by atoms with E-state index in [2.05, 4.69) is 24.0 Å². The van der Waals surface area contributed by atoms with E-state index in [1.54, 1.807) is 11.0 Å². The number of fused-ring (bicyclic) bond motifs is 2. The van der Waals surface area contributed by atoms with Gasteiger partial charge in [0.1, 0.15) is 0 Å². The number of amides is 2. The summed E-state index contributed by atoms with van der Waals surface area (Å²) in [7, 11) is 0. The van der Waals surface area contributed by atoms with Crippen LogP contribution in [0.3, 0.4) is 0 Å². The van der Waals surface area contributed by atoms with Crippen molar-refractivity contribution in [2.24, 2.45) is 0 Å². The molecule has 0 aromatic heterocycles. The molecule has 0 saturated carbocycles. The molecule has 0 atom stereocenters. The summed E-state index contributed by atoms with van der Waals surface area (Å²) < 4.78 is 0. The summed E-state index contributed by atoms with van der Waals surface area (Å²) in [5.41, 5.74) is 3.42. The Bertz CT molecular complexity index is 926. The summed E-state index contributed by atoms with van der Waals surface area (Å²) >= 11 is 1.34. The first-order chi connectivity index (χ1) is 13.2.